The van der Waals surface area contributed by atoms with Gasteiger partial charge in [-0.25, -0.2) is 0 Å². The van der Waals surface area contributed by atoms with Crippen LogP contribution in [0.5, 0.6) is 0 Å². The van der Waals surface area contributed by atoms with Crippen LogP contribution in [-0.4, -0.2) is 47.5 Å². The van der Waals surface area contributed by atoms with Gasteiger partial charge in [0.25, 0.3) is 0 Å². The average Bonchev–Trinajstić information content (AvgIpc) is 2.08. The standard InChI is InChI=1S/C9H13F6NO2/c1-5(2)16(3-4-17)7(18)6(8(10,11)12)9(13,14)15/h5-6,17H,3-4H2,1-2H3. The predicted octanol–water partition coefficient (Wildman–Crippen LogP) is 1.96. The lowest BCUT2D eigenvalue weighted by atomic mass is 10.1. The van der Waals surface area contributed by atoms with Gasteiger partial charge in [-0.1, -0.05) is 0 Å². The number of carbonyl (C=O) groups is 1. The molecule has 0 rings (SSSR count). The molecule has 0 aliphatic carbocycles. The van der Waals surface area contributed by atoms with Gasteiger partial charge in [-0.3, -0.25) is 4.79 Å². The summed E-state index contributed by atoms with van der Waals surface area (Å²) < 4.78 is 73.8. The Kier molecular flexibility index (Phi) is 5.45. The lowest BCUT2D eigenvalue weighted by Gasteiger charge is -2.31. The minimum Gasteiger partial charge on any atom is -0.395 e. The molecule has 1 N–H and O–H groups in total. The minimum atomic E-state index is -5.71. The number of alkyl halides is 6. The number of amides is 1. The van der Waals surface area contributed by atoms with Crippen molar-refractivity contribution in [3.63, 3.8) is 0 Å². The Hall–Kier alpha value is -0.990. The van der Waals surface area contributed by atoms with E-state index in [0.717, 1.165) is 0 Å². The molecule has 0 aliphatic rings. The second-order valence-electron chi connectivity index (χ2n) is 3.87. The molecule has 0 radical (unpaired) electrons. The van der Waals surface area contributed by atoms with Crippen LogP contribution >= 0.6 is 0 Å². The highest BCUT2D eigenvalue weighted by Gasteiger charge is 2.62. The smallest absolute Gasteiger partial charge is 0.395 e. The third-order valence-electron chi connectivity index (χ3n) is 2.15. The lowest BCUT2D eigenvalue weighted by Crippen LogP contribution is -2.52. The topological polar surface area (TPSA) is 40.5 Å². The molecule has 0 heterocycles. The predicted molar refractivity (Wildman–Crippen MR) is 49.5 cm³/mol. The van der Waals surface area contributed by atoms with Crippen LogP contribution in [0.2, 0.25) is 0 Å². The van der Waals surface area contributed by atoms with Gasteiger partial charge < -0.3 is 10.0 Å². The fourth-order valence-corrected chi connectivity index (χ4v) is 1.36. The molecule has 3 nitrogen and oxygen atoms in total. The molecule has 18 heavy (non-hydrogen) atoms. The van der Waals surface area contributed by atoms with Gasteiger partial charge in [-0.05, 0) is 13.8 Å². The molecular formula is C9H13F6NO2. The molecule has 0 fully saturated rings. The van der Waals surface area contributed by atoms with Gasteiger partial charge in [0.05, 0.1) is 6.61 Å². The Balaban J connectivity index is 5.31. The largest absolute Gasteiger partial charge is 0.409 e. The molecule has 0 aromatic carbocycles. The van der Waals surface area contributed by atoms with Crippen molar-refractivity contribution in [2.45, 2.75) is 32.2 Å². The maximum Gasteiger partial charge on any atom is 0.409 e. The number of hydrogen-bond acceptors (Lipinski definition) is 2. The summed E-state index contributed by atoms with van der Waals surface area (Å²) in [7, 11) is 0. The van der Waals surface area contributed by atoms with Crippen LogP contribution in [0.4, 0.5) is 26.3 Å². The maximum atomic E-state index is 12.3. The normalized spacial score (nSPS) is 13.3. The van der Waals surface area contributed by atoms with Gasteiger partial charge in [-0.15, -0.1) is 0 Å². The van der Waals surface area contributed by atoms with Crippen LogP contribution in [0.3, 0.4) is 0 Å². The second-order valence-corrected chi connectivity index (χ2v) is 3.87. The minimum absolute atomic E-state index is 0.353. The van der Waals surface area contributed by atoms with E-state index < -0.39 is 43.4 Å². The van der Waals surface area contributed by atoms with Gasteiger partial charge in [0.1, 0.15) is 0 Å². The van der Waals surface area contributed by atoms with Crippen molar-refractivity contribution in [2.75, 3.05) is 13.2 Å². The zero-order valence-corrected chi connectivity index (χ0v) is 9.64. The fraction of sp³-hybridized carbons (Fsp3) is 0.889. The van der Waals surface area contributed by atoms with E-state index in [9.17, 15) is 31.1 Å². The Morgan fingerprint density at radius 2 is 1.50 bits per heavy atom. The maximum absolute atomic E-state index is 12.3. The van der Waals surface area contributed by atoms with E-state index in [1.807, 2.05) is 0 Å². The zero-order valence-electron chi connectivity index (χ0n) is 9.64. The first-order valence-corrected chi connectivity index (χ1v) is 4.97. The molecule has 1 amide bonds. The van der Waals surface area contributed by atoms with E-state index in [0.29, 0.717) is 4.90 Å². The van der Waals surface area contributed by atoms with Crippen LogP contribution in [-0.2, 0) is 4.79 Å². The van der Waals surface area contributed by atoms with Crippen molar-refractivity contribution in [3.05, 3.63) is 0 Å². The van der Waals surface area contributed by atoms with E-state index in [1.54, 1.807) is 0 Å². The summed E-state index contributed by atoms with van der Waals surface area (Å²) in [5.74, 6) is -6.15. The van der Waals surface area contributed by atoms with E-state index in [2.05, 4.69) is 0 Å². The first-order chi connectivity index (χ1) is 7.92. The third kappa shape index (κ3) is 4.35. The number of aliphatic hydroxyl groups is 1. The van der Waals surface area contributed by atoms with Crippen molar-refractivity contribution < 1.29 is 36.2 Å². The molecule has 0 atom stereocenters. The van der Waals surface area contributed by atoms with Crippen molar-refractivity contribution in [3.8, 4) is 0 Å². The van der Waals surface area contributed by atoms with E-state index in [1.165, 1.54) is 13.8 Å². The quantitative estimate of drug-likeness (QED) is 0.800. The van der Waals surface area contributed by atoms with Crippen molar-refractivity contribution >= 4 is 5.91 Å². The van der Waals surface area contributed by atoms with Crippen LogP contribution in [0.25, 0.3) is 0 Å². The molecule has 0 spiro atoms. The van der Waals surface area contributed by atoms with Gasteiger partial charge in [0, 0.05) is 12.6 Å². The summed E-state index contributed by atoms with van der Waals surface area (Å²) in [6, 6.07) is -0.878. The Bertz CT molecular complexity index is 272. The second kappa shape index (κ2) is 5.77. The summed E-state index contributed by atoms with van der Waals surface area (Å²) in [6.07, 6.45) is -11.4. The van der Waals surface area contributed by atoms with E-state index in [4.69, 9.17) is 5.11 Å². The van der Waals surface area contributed by atoms with Crippen LogP contribution in [0.15, 0.2) is 0 Å². The molecule has 108 valence electrons. The SMILES string of the molecule is CC(C)N(CCO)C(=O)C(C(F)(F)F)C(F)(F)F. The number of hydrogen-bond donors (Lipinski definition) is 1. The first kappa shape index (κ1) is 17.0. The number of aliphatic hydroxyl groups excluding tert-OH is 1. The van der Waals surface area contributed by atoms with Gasteiger partial charge >= 0.3 is 12.4 Å². The molecule has 0 saturated carbocycles. The summed E-state index contributed by atoms with van der Waals surface area (Å²) in [6.45, 7) is 1.22. The average molecular weight is 281 g/mol. The molecule has 0 aliphatic heterocycles. The number of halogens is 6. The molecule has 0 saturated heterocycles. The molecule has 0 aromatic rings. The summed E-state index contributed by atoms with van der Waals surface area (Å²) in [4.78, 5) is 11.7. The summed E-state index contributed by atoms with van der Waals surface area (Å²) >= 11 is 0. The van der Waals surface area contributed by atoms with Crippen LogP contribution in [0, 0.1) is 5.92 Å². The Morgan fingerprint density at radius 1 is 1.11 bits per heavy atom. The highest BCUT2D eigenvalue weighted by molar-refractivity contribution is 5.80. The van der Waals surface area contributed by atoms with Gasteiger partial charge in [0.15, 0.2) is 0 Å². The van der Waals surface area contributed by atoms with E-state index >= 15 is 0 Å². The first-order valence-electron chi connectivity index (χ1n) is 4.97. The lowest BCUT2D eigenvalue weighted by molar-refractivity contribution is -0.278. The van der Waals surface area contributed by atoms with E-state index in [-0.39, 0.29) is 0 Å². The summed E-state index contributed by atoms with van der Waals surface area (Å²) in [5.41, 5.74) is 0. The molecule has 0 unspecified atom stereocenters. The van der Waals surface area contributed by atoms with Crippen molar-refractivity contribution in [1.29, 1.82) is 0 Å². The van der Waals surface area contributed by atoms with Crippen molar-refractivity contribution in [1.82, 2.24) is 4.90 Å². The molecule has 0 aromatic heterocycles. The molecule has 9 heteroatoms. The highest BCUT2D eigenvalue weighted by Crippen LogP contribution is 2.40. The Morgan fingerprint density at radius 3 is 1.72 bits per heavy atom. The number of carbonyl (C=O) groups excluding carboxylic acids is 1. The Labute approximate surface area is 99.4 Å². The highest BCUT2D eigenvalue weighted by atomic mass is 19.4. The number of nitrogens with zero attached hydrogens (tertiary/aromatic N) is 1. The van der Waals surface area contributed by atoms with Crippen molar-refractivity contribution in [2.24, 2.45) is 5.92 Å². The monoisotopic (exact) mass is 281 g/mol. The zero-order chi connectivity index (χ0) is 14.7. The number of rotatable bonds is 4. The molecular weight excluding hydrogens is 268 g/mol. The molecule has 0 bridgehead atoms. The van der Waals surface area contributed by atoms with Crippen LogP contribution in [0.1, 0.15) is 13.8 Å². The fourth-order valence-electron chi connectivity index (χ4n) is 1.36. The van der Waals surface area contributed by atoms with Crippen LogP contribution < -0.4 is 0 Å². The van der Waals surface area contributed by atoms with Gasteiger partial charge in [0.2, 0.25) is 11.8 Å². The third-order valence-corrected chi connectivity index (χ3v) is 2.15. The summed E-state index contributed by atoms with van der Waals surface area (Å²) in [5, 5.41) is 8.57. The van der Waals surface area contributed by atoms with Gasteiger partial charge in [-0.2, -0.15) is 26.3 Å².